The molecule has 0 radical (unpaired) electrons. The second-order valence-corrected chi connectivity index (χ2v) is 3.87. The van der Waals surface area contributed by atoms with E-state index >= 15 is 0 Å². The highest BCUT2D eigenvalue weighted by Crippen LogP contribution is 2.19. The molecule has 2 N–H and O–H groups in total. The molecule has 0 atom stereocenters. The average Bonchev–Trinajstić information content (AvgIpc) is 2.93. The topological polar surface area (TPSA) is 79.6 Å². The molecule has 0 bridgehead atoms. The summed E-state index contributed by atoms with van der Waals surface area (Å²) in [6.45, 7) is 5.98. The van der Waals surface area contributed by atoms with E-state index in [9.17, 15) is 0 Å². The number of aromatic nitrogens is 4. The molecule has 2 heterocycles. The van der Waals surface area contributed by atoms with Crippen molar-refractivity contribution in [1.29, 1.82) is 0 Å². The molecule has 2 rings (SSSR count). The summed E-state index contributed by atoms with van der Waals surface area (Å²) in [5.41, 5.74) is 1.81. The van der Waals surface area contributed by atoms with Crippen LogP contribution in [0.1, 0.15) is 24.9 Å². The summed E-state index contributed by atoms with van der Waals surface area (Å²) < 4.78 is 5.58. The third-order valence-electron chi connectivity index (χ3n) is 2.52. The molecule has 0 fully saturated rings. The van der Waals surface area contributed by atoms with Crippen LogP contribution in [-0.4, -0.2) is 33.5 Å². The van der Waals surface area contributed by atoms with Gasteiger partial charge in [0.1, 0.15) is 0 Å². The summed E-state index contributed by atoms with van der Waals surface area (Å²) in [6.07, 6.45) is 3.50. The number of rotatable bonds is 6. The van der Waals surface area contributed by atoms with Crippen molar-refractivity contribution in [2.75, 3.05) is 13.1 Å². The number of aryl methyl sites for hydroxylation is 2. The van der Waals surface area contributed by atoms with Crippen LogP contribution in [-0.2, 0) is 6.42 Å². The number of nitrogens with zero attached hydrogens (tertiary/aromatic N) is 3. The van der Waals surface area contributed by atoms with E-state index in [2.05, 4.69) is 32.6 Å². The van der Waals surface area contributed by atoms with E-state index in [0.717, 1.165) is 37.2 Å². The lowest BCUT2D eigenvalue weighted by atomic mass is 10.3. The Kier molecular flexibility index (Phi) is 3.87. The predicted molar refractivity (Wildman–Crippen MR) is 63.5 cm³/mol. The smallest absolute Gasteiger partial charge is 0.251 e. The maximum Gasteiger partial charge on any atom is 0.251 e. The Morgan fingerprint density at radius 2 is 2.29 bits per heavy atom. The molecular formula is C11H17N5O. The molecule has 0 spiro atoms. The van der Waals surface area contributed by atoms with Gasteiger partial charge < -0.3 is 9.73 Å². The highest BCUT2D eigenvalue weighted by Gasteiger charge is 2.11. The Bertz CT molecular complexity index is 462. The molecule has 0 aliphatic carbocycles. The van der Waals surface area contributed by atoms with E-state index < -0.39 is 0 Å². The van der Waals surface area contributed by atoms with Gasteiger partial charge in [-0.2, -0.15) is 5.10 Å². The van der Waals surface area contributed by atoms with Crippen LogP contribution < -0.4 is 5.32 Å². The van der Waals surface area contributed by atoms with Crippen molar-refractivity contribution in [2.45, 2.75) is 26.7 Å². The predicted octanol–water partition coefficient (Wildman–Crippen LogP) is 1.31. The van der Waals surface area contributed by atoms with Gasteiger partial charge in [0.2, 0.25) is 5.89 Å². The zero-order chi connectivity index (χ0) is 12.1. The zero-order valence-electron chi connectivity index (χ0n) is 10.2. The van der Waals surface area contributed by atoms with Crippen molar-refractivity contribution < 1.29 is 4.42 Å². The molecule has 0 saturated heterocycles. The van der Waals surface area contributed by atoms with Gasteiger partial charge in [0.25, 0.3) is 5.89 Å². The van der Waals surface area contributed by atoms with Gasteiger partial charge >= 0.3 is 0 Å². The number of hydrogen-bond donors (Lipinski definition) is 2. The lowest BCUT2D eigenvalue weighted by Gasteiger charge is -1.97. The van der Waals surface area contributed by atoms with Gasteiger partial charge in [-0.1, -0.05) is 6.92 Å². The molecule has 2 aromatic rings. The fourth-order valence-electron chi connectivity index (χ4n) is 1.57. The Balaban J connectivity index is 1.95. The summed E-state index contributed by atoms with van der Waals surface area (Å²) in [7, 11) is 0. The second kappa shape index (κ2) is 5.58. The maximum absolute atomic E-state index is 5.58. The second-order valence-electron chi connectivity index (χ2n) is 3.87. The standard InChI is InChI=1S/C11H17N5O/c1-3-12-6-4-5-10-15-16-11(17-10)9-7-13-14-8(9)2/h7,12H,3-6H2,1-2H3,(H,13,14). The molecule has 0 aromatic carbocycles. The van der Waals surface area contributed by atoms with Gasteiger partial charge in [-0.25, -0.2) is 0 Å². The fourth-order valence-corrected chi connectivity index (χ4v) is 1.57. The van der Waals surface area contributed by atoms with E-state index in [-0.39, 0.29) is 0 Å². The first-order valence-electron chi connectivity index (χ1n) is 5.84. The fraction of sp³-hybridized carbons (Fsp3) is 0.545. The largest absolute Gasteiger partial charge is 0.421 e. The molecule has 17 heavy (non-hydrogen) atoms. The van der Waals surface area contributed by atoms with Gasteiger partial charge in [-0.3, -0.25) is 5.10 Å². The highest BCUT2D eigenvalue weighted by molar-refractivity contribution is 5.53. The summed E-state index contributed by atoms with van der Waals surface area (Å²) >= 11 is 0. The first-order valence-corrected chi connectivity index (χ1v) is 5.84. The van der Waals surface area contributed by atoms with Crippen LogP contribution in [0.15, 0.2) is 10.6 Å². The molecule has 0 aliphatic rings. The normalized spacial score (nSPS) is 10.9. The maximum atomic E-state index is 5.58. The molecule has 0 amide bonds. The summed E-state index contributed by atoms with van der Waals surface area (Å²) in [4.78, 5) is 0. The number of hydrogen-bond acceptors (Lipinski definition) is 5. The first kappa shape index (κ1) is 11.8. The molecule has 0 unspecified atom stereocenters. The minimum Gasteiger partial charge on any atom is -0.421 e. The van der Waals surface area contributed by atoms with E-state index in [0.29, 0.717) is 11.8 Å². The Labute approximate surface area is 99.8 Å². The lowest BCUT2D eigenvalue weighted by Crippen LogP contribution is -2.14. The van der Waals surface area contributed by atoms with Crippen molar-refractivity contribution >= 4 is 0 Å². The minimum atomic E-state index is 0.537. The van der Waals surface area contributed by atoms with Gasteiger partial charge in [0.05, 0.1) is 11.8 Å². The number of H-pyrrole nitrogens is 1. The molecule has 2 aromatic heterocycles. The molecule has 6 heteroatoms. The van der Waals surface area contributed by atoms with Crippen LogP contribution in [0.25, 0.3) is 11.5 Å². The van der Waals surface area contributed by atoms with Crippen LogP contribution in [0.3, 0.4) is 0 Å². The van der Waals surface area contributed by atoms with Gasteiger partial charge in [-0.05, 0) is 26.4 Å². The zero-order valence-corrected chi connectivity index (χ0v) is 10.2. The van der Waals surface area contributed by atoms with E-state index in [4.69, 9.17) is 4.42 Å². The number of nitrogens with one attached hydrogen (secondary N) is 2. The van der Waals surface area contributed by atoms with Crippen LogP contribution in [0, 0.1) is 6.92 Å². The van der Waals surface area contributed by atoms with Gasteiger partial charge in [0.15, 0.2) is 0 Å². The number of aromatic amines is 1. The summed E-state index contributed by atoms with van der Waals surface area (Å²) in [5.74, 6) is 1.22. The third kappa shape index (κ3) is 2.91. The van der Waals surface area contributed by atoms with Gasteiger partial charge in [0, 0.05) is 12.1 Å². The van der Waals surface area contributed by atoms with Crippen LogP contribution in [0.4, 0.5) is 0 Å². The Morgan fingerprint density at radius 3 is 3.00 bits per heavy atom. The minimum absolute atomic E-state index is 0.537. The van der Waals surface area contributed by atoms with E-state index in [1.807, 2.05) is 6.92 Å². The van der Waals surface area contributed by atoms with Gasteiger partial charge in [-0.15, -0.1) is 10.2 Å². The molecule has 92 valence electrons. The summed E-state index contributed by atoms with van der Waals surface area (Å²) in [5, 5.41) is 18.1. The highest BCUT2D eigenvalue weighted by atomic mass is 16.4. The first-order chi connectivity index (χ1) is 8.31. The third-order valence-corrected chi connectivity index (χ3v) is 2.52. The molecule has 6 nitrogen and oxygen atoms in total. The molecule has 0 saturated carbocycles. The van der Waals surface area contributed by atoms with Crippen LogP contribution >= 0.6 is 0 Å². The van der Waals surface area contributed by atoms with E-state index in [1.165, 1.54) is 0 Å². The van der Waals surface area contributed by atoms with Crippen molar-refractivity contribution in [3.8, 4) is 11.5 Å². The lowest BCUT2D eigenvalue weighted by molar-refractivity contribution is 0.492. The SMILES string of the molecule is CCNCCCc1nnc(-c2cn[nH]c2C)o1. The van der Waals surface area contributed by atoms with Crippen molar-refractivity contribution in [3.05, 3.63) is 17.8 Å². The summed E-state index contributed by atoms with van der Waals surface area (Å²) in [6, 6.07) is 0. The van der Waals surface area contributed by atoms with Crippen molar-refractivity contribution in [3.63, 3.8) is 0 Å². The van der Waals surface area contributed by atoms with Crippen molar-refractivity contribution in [1.82, 2.24) is 25.7 Å². The van der Waals surface area contributed by atoms with Crippen molar-refractivity contribution in [2.24, 2.45) is 0 Å². The monoisotopic (exact) mass is 235 g/mol. The van der Waals surface area contributed by atoms with Crippen LogP contribution in [0.2, 0.25) is 0 Å². The molecule has 0 aliphatic heterocycles. The molecular weight excluding hydrogens is 218 g/mol. The quantitative estimate of drug-likeness (QED) is 0.738. The Morgan fingerprint density at radius 1 is 1.41 bits per heavy atom. The average molecular weight is 235 g/mol. The van der Waals surface area contributed by atoms with Crippen LogP contribution in [0.5, 0.6) is 0 Å². The Hall–Kier alpha value is -1.69. The van der Waals surface area contributed by atoms with E-state index in [1.54, 1.807) is 6.20 Å².